The smallest absolute Gasteiger partial charge is 0.259 e. The molecule has 0 saturated carbocycles. The minimum absolute atomic E-state index is 0.0237. The molecule has 5 heteroatoms. The largest absolute Gasteiger partial charge is 0.383 e. The molecular weight excluding hydrogens is 228 g/mol. The van der Waals surface area contributed by atoms with Crippen molar-refractivity contribution in [1.82, 2.24) is 14.7 Å². The maximum absolute atomic E-state index is 12.3. The van der Waals surface area contributed by atoms with Gasteiger partial charge in [0.1, 0.15) is 11.4 Å². The van der Waals surface area contributed by atoms with Crippen molar-refractivity contribution in [3.8, 4) is 0 Å². The molecule has 0 atom stereocenters. The van der Waals surface area contributed by atoms with Gasteiger partial charge < -0.3 is 10.6 Å². The van der Waals surface area contributed by atoms with Crippen molar-refractivity contribution in [2.24, 2.45) is 13.0 Å². The van der Waals surface area contributed by atoms with Crippen LogP contribution in [0.2, 0.25) is 0 Å². The van der Waals surface area contributed by atoms with E-state index in [1.807, 2.05) is 4.90 Å². The summed E-state index contributed by atoms with van der Waals surface area (Å²) in [6.07, 6.45) is 6.29. The fourth-order valence-corrected chi connectivity index (χ4v) is 2.62. The lowest BCUT2D eigenvalue weighted by molar-refractivity contribution is 0.0687. The van der Waals surface area contributed by atoms with Crippen LogP contribution < -0.4 is 5.73 Å². The van der Waals surface area contributed by atoms with Gasteiger partial charge in [0.2, 0.25) is 0 Å². The van der Waals surface area contributed by atoms with E-state index in [1.54, 1.807) is 13.2 Å². The first-order chi connectivity index (χ1) is 8.63. The molecule has 2 heterocycles. The summed E-state index contributed by atoms with van der Waals surface area (Å²) in [7, 11) is 1.75. The molecule has 0 radical (unpaired) electrons. The lowest BCUT2D eigenvalue weighted by Crippen LogP contribution is -2.38. The molecule has 2 N–H and O–H groups in total. The van der Waals surface area contributed by atoms with Crippen LogP contribution in [0.3, 0.4) is 0 Å². The van der Waals surface area contributed by atoms with Gasteiger partial charge in [-0.2, -0.15) is 5.10 Å². The number of anilines is 1. The quantitative estimate of drug-likeness (QED) is 0.887. The Balaban J connectivity index is 1.97. The van der Waals surface area contributed by atoms with E-state index in [2.05, 4.69) is 12.0 Å². The topological polar surface area (TPSA) is 64.2 Å². The van der Waals surface area contributed by atoms with Crippen LogP contribution in [0, 0.1) is 5.92 Å². The molecule has 1 fully saturated rings. The van der Waals surface area contributed by atoms with E-state index in [-0.39, 0.29) is 5.91 Å². The number of aryl methyl sites for hydroxylation is 1. The molecule has 1 aliphatic rings. The standard InChI is InChI=1S/C13H22N4O/c1-3-4-10-5-7-17(8-6-10)13(18)11-9-15-16(2)12(11)14/h9-10H,3-8,14H2,1-2H3. The van der Waals surface area contributed by atoms with Gasteiger partial charge in [0.15, 0.2) is 0 Å². The van der Waals surface area contributed by atoms with Gasteiger partial charge in [-0.3, -0.25) is 9.48 Å². The minimum Gasteiger partial charge on any atom is -0.383 e. The number of nitrogen functional groups attached to an aromatic ring is 1. The van der Waals surface area contributed by atoms with Crippen LogP contribution in [0.1, 0.15) is 43.0 Å². The molecule has 0 aliphatic carbocycles. The molecule has 1 amide bonds. The summed E-state index contributed by atoms with van der Waals surface area (Å²) in [5, 5.41) is 4.02. The number of aromatic nitrogens is 2. The fourth-order valence-electron chi connectivity index (χ4n) is 2.62. The zero-order valence-corrected chi connectivity index (χ0v) is 11.2. The van der Waals surface area contributed by atoms with Crippen molar-refractivity contribution in [2.45, 2.75) is 32.6 Å². The summed E-state index contributed by atoms with van der Waals surface area (Å²) in [6.45, 7) is 3.91. The van der Waals surface area contributed by atoms with E-state index in [9.17, 15) is 4.79 Å². The number of likely N-dealkylation sites (tertiary alicyclic amines) is 1. The summed E-state index contributed by atoms with van der Waals surface area (Å²) in [5.74, 6) is 1.26. The summed E-state index contributed by atoms with van der Waals surface area (Å²) in [5.41, 5.74) is 6.37. The SMILES string of the molecule is CCCC1CCN(C(=O)c2cnn(C)c2N)CC1. The highest BCUT2D eigenvalue weighted by Gasteiger charge is 2.25. The molecule has 0 bridgehead atoms. The van der Waals surface area contributed by atoms with Gasteiger partial charge in [0.25, 0.3) is 5.91 Å². The third-order valence-electron chi connectivity index (χ3n) is 3.81. The highest BCUT2D eigenvalue weighted by atomic mass is 16.2. The van der Waals surface area contributed by atoms with Crippen LogP contribution in [0.4, 0.5) is 5.82 Å². The molecular formula is C13H22N4O. The second-order valence-electron chi connectivity index (χ2n) is 5.09. The summed E-state index contributed by atoms with van der Waals surface area (Å²) >= 11 is 0. The molecule has 1 aromatic heterocycles. The molecule has 2 rings (SSSR count). The van der Waals surface area contributed by atoms with E-state index >= 15 is 0 Å². The Morgan fingerprint density at radius 2 is 2.17 bits per heavy atom. The van der Waals surface area contributed by atoms with E-state index in [4.69, 9.17) is 5.73 Å². The minimum atomic E-state index is 0.0237. The highest BCUT2D eigenvalue weighted by molar-refractivity contribution is 5.98. The summed E-state index contributed by atoms with van der Waals surface area (Å²) in [6, 6.07) is 0. The van der Waals surface area contributed by atoms with Crippen LogP contribution in [-0.2, 0) is 7.05 Å². The van der Waals surface area contributed by atoms with Gasteiger partial charge in [0.05, 0.1) is 6.20 Å². The van der Waals surface area contributed by atoms with Crippen molar-refractivity contribution in [3.05, 3.63) is 11.8 Å². The molecule has 0 unspecified atom stereocenters. The van der Waals surface area contributed by atoms with Crippen LogP contribution in [-0.4, -0.2) is 33.7 Å². The number of hydrogen-bond donors (Lipinski definition) is 1. The van der Waals surface area contributed by atoms with Crippen LogP contribution in [0.5, 0.6) is 0 Å². The van der Waals surface area contributed by atoms with E-state index in [0.717, 1.165) is 31.8 Å². The fraction of sp³-hybridized carbons (Fsp3) is 0.692. The van der Waals surface area contributed by atoms with Crippen LogP contribution in [0.25, 0.3) is 0 Å². The van der Waals surface area contributed by atoms with Crippen molar-refractivity contribution < 1.29 is 4.79 Å². The zero-order valence-electron chi connectivity index (χ0n) is 11.2. The van der Waals surface area contributed by atoms with Gasteiger partial charge in [-0.1, -0.05) is 19.8 Å². The Kier molecular flexibility index (Phi) is 3.89. The summed E-state index contributed by atoms with van der Waals surface area (Å²) < 4.78 is 1.54. The van der Waals surface area contributed by atoms with E-state index in [1.165, 1.54) is 17.5 Å². The first kappa shape index (κ1) is 12.9. The second kappa shape index (κ2) is 5.42. The van der Waals surface area contributed by atoms with E-state index in [0.29, 0.717) is 11.4 Å². The zero-order chi connectivity index (χ0) is 13.1. The first-order valence-corrected chi connectivity index (χ1v) is 6.70. The van der Waals surface area contributed by atoms with Crippen molar-refractivity contribution in [3.63, 3.8) is 0 Å². The Morgan fingerprint density at radius 3 is 2.67 bits per heavy atom. The number of hydrogen-bond acceptors (Lipinski definition) is 3. The number of nitrogens with zero attached hydrogens (tertiary/aromatic N) is 3. The first-order valence-electron chi connectivity index (χ1n) is 6.70. The van der Waals surface area contributed by atoms with Gasteiger partial charge in [-0.15, -0.1) is 0 Å². The molecule has 1 saturated heterocycles. The summed E-state index contributed by atoms with van der Waals surface area (Å²) in [4.78, 5) is 14.2. The Labute approximate surface area is 108 Å². The number of amides is 1. The lowest BCUT2D eigenvalue weighted by atomic mass is 9.92. The molecule has 0 aromatic carbocycles. The van der Waals surface area contributed by atoms with Crippen LogP contribution in [0.15, 0.2) is 6.20 Å². The number of carbonyl (C=O) groups is 1. The van der Waals surface area contributed by atoms with Gasteiger partial charge in [-0.05, 0) is 18.8 Å². The van der Waals surface area contributed by atoms with Crippen molar-refractivity contribution in [2.75, 3.05) is 18.8 Å². The molecule has 5 nitrogen and oxygen atoms in total. The number of rotatable bonds is 3. The number of piperidine rings is 1. The van der Waals surface area contributed by atoms with E-state index < -0.39 is 0 Å². The molecule has 0 spiro atoms. The molecule has 18 heavy (non-hydrogen) atoms. The van der Waals surface area contributed by atoms with Crippen molar-refractivity contribution in [1.29, 1.82) is 0 Å². The Bertz CT molecular complexity index is 419. The molecule has 1 aromatic rings. The number of nitrogens with two attached hydrogens (primary N) is 1. The molecule has 1 aliphatic heterocycles. The third kappa shape index (κ3) is 2.49. The average molecular weight is 250 g/mol. The van der Waals surface area contributed by atoms with Gasteiger partial charge in [-0.25, -0.2) is 0 Å². The maximum Gasteiger partial charge on any atom is 0.259 e. The normalized spacial score (nSPS) is 17.1. The monoisotopic (exact) mass is 250 g/mol. The van der Waals surface area contributed by atoms with Gasteiger partial charge >= 0.3 is 0 Å². The average Bonchev–Trinajstić information content (AvgIpc) is 2.71. The van der Waals surface area contributed by atoms with Gasteiger partial charge in [0, 0.05) is 20.1 Å². The third-order valence-corrected chi connectivity index (χ3v) is 3.81. The predicted octanol–water partition coefficient (Wildman–Crippen LogP) is 1.65. The van der Waals surface area contributed by atoms with Crippen molar-refractivity contribution >= 4 is 11.7 Å². The Morgan fingerprint density at radius 1 is 1.50 bits per heavy atom. The highest BCUT2D eigenvalue weighted by Crippen LogP contribution is 2.23. The molecule has 100 valence electrons. The predicted molar refractivity (Wildman–Crippen MR) is 71.2 cm³/mol. The van der Waals surface area contributed by atoms with Crippen LogP contribution >= 0.6 is 0 Å². The Hall–Kier alpha value is -1.52. The second-order valence-corrected chi connectivity index (χ2v) is 5.09. The lowest BCUT2D eigenvalue weighted by Gasteiger charge is -2.31. The maximum atomic E-state index is 12.3. The number of carbonyl (C=O) groups excluding carboxylic acids is 1.